The topological polar surface area (TPSA) is 101 Å². The molecule has 30 heavy (non-hydrogen) atoms. The van der Waals surface area contributed by atoms with Crippen LogP contribution in [0.2, 0.25) is 10.0 Å². The summed E-state index contributed by atoms with van der Waals surface area (Å²) in [5.74, 6) is -0.412. The highest BCUT2D eigenvalue weighted by molar-refractivity contribution is 7.89. The van der Waals surface area contributed by atoms with Gasteiger partial charge in [0, 0.05) is 19.1 Å². The fraction of sp³-hybridized carbons (Fsp3) is 0.421. The van der Waals surface area contributed by atoms with Gasteiger partial charge in [0.15, 0.2) is 0 Å². The summed E-state index contributed by atoms with van der Waals surface area (Å²) in [6, 6.07) is 6.03. The van der Waals surface area contributed by atoms with Crippen LogP contribution in [-0.2, 0) is 14.8 Å². The molecular formula is C19H20Cl2N4O4S. The summed E-state index contributed by atoms with van der Waals surface area (Å²) in [6.07, 6.45) is 4.53. The van der Waals surface area contributed by atoms with Crippen LogP contribution in [0.3, 0.4) is 0 Å². The quantitative estimate of drug-likeness (QED) is 0.721. The lowest BCUT2D eigenvalue weighted by Crippen LogP contribution is -2.45. The Kier molecular flexibility index (Phi) is 5.89. The Balaban J connectivity index is 1.53. The van der Waals surface area contributed by atoms with Crippen LogP contribution in [0.1, 0.15) is 25.7 Å². The van der Waals surface area contributed by atoms with E-state index < -0.39 is 15.6 Å². The summed E-state index contributed by atoms with van der Waals surface area (Å²) in [7, 11) is -3.77. The van der Waals surface area contributed by atoms with Crippen LogP contribution in [0, 0.1) is 5.92 Å². The average molecular weight is 471 g/mol. The van der Waals surface area contributed by atoms with Gasteiger partial charge in [0.1, 0.15) is 5.02 Å². The second-order valence-electron chi connectivity index (χ2n) is 7.50. The van der Waals surface area contributed by atoms with Crippen molar-refractivity contribution in [2.75, 3.05) is 13.1 Å². The highest BCUT2D eigenvalue weighted by Crippen LogP contribution is 2.26. The van der Waals surface area contributed by atoms with Gasteiger partial charge in [0.05, 0.1) is 27.7 Å². The normalized spacial score (nSPS) is 20.1. The molecule has 1 saturated heterocycles. The fourth-order valence-electron chi connectivity index (χ4n) is 3.43. The Morgan fingerprint density at radius 1 is 1.13 bits per heavy atom. The summed E-state index contributed by atoms with van der Waals surface area (Å²) in [5, 5.41) is 6.77. The first-order valence-electron chi connectivity index (χ1n) is 9.61. The van der Waals surface area contributed by atoms with Crippen molar-refractivity contribution in [3.05, 3.63) is 50.9 Å². The number of sulfonamides is 1. The zero-order valence-electron chi connectivity index (χ0n) is 15.9. The lowest BCUT2D eigenvalue weighted by atomic mass is 9.99. The molecule has 2 aromatic rings. The number of nitrogens with zero attached hydrogens (tertiary/aromatic N) is 3. The molecule has 1 aliphatic carbocycles. The summed E-state index contributed by atoms with van der Waals surface area (Å²) >= 11 is 11.7. The molecule has 2 heterocycles. The maximum absolute atomic E-state index is 13.1. The second kappa shape index (κ2) is 8.30. The summed E-state index contributed by atoms with van der Waals surface area (Å²) < 4.78 is 28.5. The molecule has 8 nitrogen and oxygen atoms in total. The predicted octanol–water partition coefficient (Wildman–Crippen LogP) is 2.22. The molecule has 1 N–H and O–H groups in total. The smallest absolute Gasteiger partial charge is 0.291 e. The van der Waals surface area contributed by atoms with Crippen molar-refractivity contribution in [1.82, 2.24) is 19.4 Å². The van der Waals surface area contributed by atoms with Gasteiger partial charge in [-0.2, -0.15) is 14.1 Å². The molecule has 1 atom stereocenters. The SMILES string of the molecule is O=C(NC1CC1)C1CCCN(S(=O)(=O)c2ccc(-n3ncc(Cl)c(Cl)c3=O)cc2)C1. The van der Waals surface area contributed by atoms with Crippen molar-refractivity contribution < 1.29 is 13.2 Å². The van der Waals surface area contributed by atoms with Gasteiger partial charge in [-0.1, -0.05) is 23.2 Å². The zero-order chi connectivity index (χ0) is 21.5. The van der Waals surface area contributed by atoms with E-state index in [4.69, 9.17) is 23.2 Å². The fourth-order valence-corrected chi connectivity index (χ4v) is 5.20. The Morgan fingerprint density at radius 2 is 1.83 bits per heavy atom. The first kappa shape index (κ1) is 21.3. The molecule has 1 unspecified atom stereocenters. The maximum Gasteiger partial charge on any atom is 0.291 e. The molecule has 1 aromatic carbocycles. The molecule has 0 spiro atoms. The van der Waals surface area contributed by atoms with Crippen LogP contribution < -0.4 is 10.9 Å². The monoisotopic (exact) mass is 470 g/mol. The van der Waals surface area contributed by atoms with E-state index in [1.807, 2.05) is 0 Å². The van der Waals surface area contributed by atoms with Crippen LogP contribution in [0.5, 0.6) is 0 Å². The number of nitrogens with one attached hydrogen (secondary N) is 1. The standard InChI is InChI=1S/C19H20Cl2N4O4S/c20-16-10-22-25(19(27)17(16)21)14-5-7-15(8-6-14)30(28,29)24-9-1-2-12(11-24)18(26)23-13-3-4-13/h5-8,10,12-13H,1-4,9,11H2,(H,23,26). The van der Waals surface area contributed by atoms with E-state index in [1.54, 1.807) is 0 Å². The van der Waals surface area contributed by atoms with E-state index >= 15 is 0 Å². The molecule has 2 fully saturated rings. The van der Waals surface area contributed by atoms with Crippen molar-refractivity contribution in [1.29, 1.82) is 0 Å². The molecule has 0 radical (unpaired) electrons. The van der Waals surface area contributed by atoms with Gasteiger partial charge in [-0.3, -0.25) is 9.59 Å². The van der Waals surface area contributed by atoms with E-state index in [9.17, 15) is 18.0 Å². The van der Waals surface area contributed by atoms with Gasteiger partial charge < -0.3 is 5.32 Å². The summed E-state index contributed by atoms with van der Waals surface area (Å²) in [5.41, 5.74) is -0.238. The number of rotatable bonds is 5. The van der Waals surface area contributed by atoms with Crippen LogP contribution in [0.25, 0.3) is 5.69 Å². The molecule has 11 heteroatoms. The molecule has 1 aliphatic heterocycles. The molecule has 1 amide bonds. The van der Waals surface area contributed by atoms with Crippen molar-refractivity contribution in [2.45, 2.75) is 36.6 Å². The van der Waals surface area contributed by atoms with E-state index in [0.29, 0.717) is 25.1 Å². The van der Waals surface area contributed by atoms with E-state index in [1.165, 1.54) is 34.8 Å². The van der Waals surface area contributed by atoms with Crippen LogP contribution in [0.4, 0.5) is 0 Å². The molecule has 1 saturated carbocycles. The lowest BCUT2D eigenvalue weighted by Gasteiger charge is -2.31. The number of amides is 1. The maximum atomic E-state index is 13.1. The first-order valence-corrected chi connectivity index (χ1v) is 11.8. The number of hydrogen-bond acceptors (Lipinski definition) is 5. The number of halogens is 2. The number of carbonyl (C=O) groups excluding carboxylic acids is 1. The Labute approximate surface area is 183 Å². The van der Waals surface area contributed by atoms with Gasteiger partial charge in [0.2, 0.25) is 15.9 Å². The van der Waals surface area contributed by atoms with Crippen LogP contribution >= 0.6 is 23.2 Å². The summed E-state index contributed by atoms with van der Waals surface area (Å²) in [4.78, 5) is 24.7. The minimum Gasteiger partial charge on any atom is -0.353 e. The van der Waals surface area contributed by atoms with Gasteiger partial charge in [-0.15, -0.1) is 0 Å². The Hall–Kier alpha value is -1.94. The van der Waals surface area contributed by atoms with Crippen LogP contribution in [0.15, 0.2) is 40.2 Å². The minimum atomic E-state index is -3.77. The predicted molar refractivity (Wildman–Crippen MR) is 113 cm³/mol. The van der Waals surface area contributed by atoms with Gasteiger partial charge >= 0.3 is 0 Å². The third-order valence-corrected chi connectivity index (χ3v) is 7.90. The van der Waals surface area contributed by atoms with E-state index in [0.717, 1.165) is 17.5 Å². The zero-order valence-corrected chi connectivity index (χ0v) is 18.3. The lowest BCUT2D eigenvalue weighted by molar-refractivity contribution is -0.126. The highest BCUT2D eigenvalue weighted by atomic mass is 35.5. The number of hydrogen-bond donors (Lipinski definition) is 1. The van der Waals surface area contributed by atoms with Gasteiger partial charge in [-0.05, 0) is 49.9 Å². The largest absolute Gasteiger partial charge is 0.353 e. The number of aromatic nitrogens is 2. The second-order valence-corrected chi connectivity index (χ2v) is 10.2. The molecular weight excluding hydrogens is 451 g/mol. The Bertz CT molecular complexity index is 1130. The number of piperidine rings is 1. The number of carbonyl (C=O) groups is 1. The van der Waals surface area contributed by atoms with Crippen molar-refractivity contribution in [2.24, 2.45) is 5.92 Å². The van der Waals surface area contributed by atoms with Crippen LogP contribution in [-0.4, -0.2) is 47.5 Å². The third-order valence-electron chi connectivity index (χ3n) is 5.27. The minimum absolute atomic E-state index is 0.0440. The molecule has 4 rings (SSSR count). The molecule has 2 aliphatic rings. The van der Waals surface area contributed by atoms with Gasteiger partial charge in [-0.25, -0.2) is 8.42 Å². The highest BCUT2D eigenvalue weighted by Gasteiger charge is 2.35. The molecule has 1 aromatic heterocycles. The van der Waals surface area contributed by atoms with Crippen molar-refractivity contribution in [3.8, 4) is 5.69 Å². The molecule has 160 valence electrons. The third kappa shape index (κ3) is 4.25. The average Bonchev–Trinajstić information content (AvgIpc) is 3.56. The first-order chi connectivity index (χ1) is 14.3. The Morgan fingerprint density at radius 3 is 2.50 bits per heavy atom. The van der Waals surface area contributed by atoms with Crippen molar-refractivity contribution in [3.63, 3.8) is 0 Å². The van der Waals surface area contributed by atoms with E-state index in [2.05, 4.69) is 10.4 Å². The number of benzene rings is 1. The molecule has 0 bridgehead atoms. The van der Waals surface area contributed by atoms with Gasteiger partial charge in [0.25, 0.3) is 5.56 Å². The summed E-state index contributed by atoms with van der Waals surface area (Å²) in [6.45, 7) is 0.529. The van der Waals surface area contributed by atoms with E-state index in [-0.39, 0.29) is 39.4 Å². The van der Waals surface area contributed by atoms with Crippen molar-refractivity contribution >= 4 is 39.1 Å².